The van der Waals surface area contributed by atoms with Crippen LogP contribution in [0.25, 0.3) is 11.1 Å². The number of hydrogen-bond donors (Lipinski definition) is 0. The van der Waals surface area contributed by atoms with Crippen LogP contribution >= 0.6 is 23.4 Å². The van der Waals surface area contributed by atoms with Crippen molar-refractivity contribution in [2.24, 2.45) is 5.16 Å². The van der Waals surface area contributed by atoms with Gasteiger partial charge in [-0.2, -0.15) is 11.8 Å². The van der Waals surface area contributed by atoms with Crippen LogP contribution in [0.2, 0.25) is 5.02 Å². The highest BCUT2D eigenvalue weighted by Gasteiger charge is 2.09. The summed E-state index contributed by atoms with van der Waals surface area (Å²) in [5.74, 6) is 0.156. The highest BCUT2D eigenvalue weighted by Crippen LogP contribution is 2.26. The molecule has 0 aliphatic carbocycles. The molecule has 3 rings (SSSR count). The first-order valence-electron chi connectivity index (χ1n) is 8.87. The molecular formula is C23H21ClFNOS. The van der Waals surface area contributed by atoms with Gasteiger partial charge in [0.1, 0.15) is 12.4 Å². The molecule has 3 aromatic rings. The molecule has 0 atom stereocenters. The molecule has 0 N–H and O–H groups in total. The Morgan fingerprint density at radius 3 is 2.57 bits per heavy atom. The van der Waals surface area contributed by atoms with E-state index >= 15 is 0 Å². The van der Waals surface area contributed by atoms with Crippen molar-refractivity contribution in [3.63, 3.8) is 0 Å². The minimum Gasteiger partial charge on any atom is -0.391 e. The van der Waals surface area contributed by atoms with E-state index in [1.165, 1.54) is 23.3 Å². The van der Waals surface area contributed by atoms with E-state index in [2.05, 4.69) is 30.3 Å². The summed E-state index contributed by atoms with van der Waals surface area (Å²) in [5, 5.41) is 4.38. The third-order valence-electron chi connectivity index (χ3n) is 4.46. The molecule has 0 aromatic heterocycles. The first-order valence-corrected chi connectivity index (χ1v) is 10.6. The Hall–Kier alpha value is -2.30. The average molecular weight is 414 g/mol. The third-order valence-corrected chi connectivity index (χ3v) is 5.33. The van der Waals surface area contributed by atoms with Gasteiger partial charge in [-0.15, -0.1) is 0 Å². The predicted octanol–water partition coefficient (Wildman–Crippen LogP) is 6.74. The first-order chi connectivity index (χ1) is 13.6. The molecule has 144 valence electrons. The van der Waals surface area contributed by atoms with Gasteiger partial charge in [0.25, 0.3) is 0 Å². The molecule has 0 amide bonds. The van der Waals surface area contributed by atoms with Gasteiger partial charge in [-0.1, -0.05) is 71.4 Å². The Labute approximate surface area is 174 Å². The molecule has 0 radical (unpaired) electrons. The van der Waals surface area contributed by atoms with E-state index < -0.39 is 5.82 Å². The lowest BCUT2D eigenvalue weighted by atomic mass is 9.97. The maximum Gasteiger partial charge on any atom is 0.142 e. The van der Waals surface area contributed by atoms with Crippen LogP contribution in [0.3, 0.4) is 0 Å². The maximum absolute atomic E-state index is 13.8. The van der Waals surface area contributed by atoms with Crippen LogP contribution in [0.5, 0.6) is 0 Å². The summed E-state index contributed by atoms with van der Waals surface area (Å²) in [6, 6.07) is 21.1. The van der Waals surface area contributed by atoms with Gasteiger partial charge in [0.15, 0.2) is 0 Å². The Kier molecular flexibility index (Phi) is 7.12. The van der Waals surface area contributed by atoms with E-state index in [1.54, 1.807) is 17.8 Å². The van der Waals surface area contributed by atoms with E-state index in [4.69, 9.17) is 16.4 Å². The predicted molar refractivity (Wildman–Crippen MR) is 118 cm³/mol. The van der Waals surface area contributed by atoms with E-state index in [0.29, 0.717) is 23.6 Å². The standard InChI is InChI=1S/C23H21ClFNOS/c1-16-19(9-6-10-20(16)17-7-4-3-5-8-17)14-27-26-23(15-28-2)18-11-12-21(24)22(25)13-18/h3-13H,14-15H2,1-2H3. The summed E-state index contributed by atoms with van der Waals surface area (Å²) < 4.78 is 13.8. The Bertz CT molecular complexity index is 976. The minimum absolute atomic E-state index is 0.0986. The first kappa shape index (κ1) is 20.4. The number of nitrogens with zero attached hydrogens (tertiary/aromatic N) is 1. The lowest BCUT2D eigenvalue weighted by Gasteiger charge is -2.12. The third kappa shape index (κ3) is 4.94. The zero-order valence-corrected chi connectivity index (χ0v) is 17.4. The second kappa shape index (κ2) is 9.76. The summed E-state index contributed by atoms with van der Waals surface area (Å²) in [5.41, 5.74) is 5.93. The van der Waals surface area contributed by atoms with Gasteiger partial charge in [0.2, 0.25) is 0 Å². The van der Waals surface area contributed by atoms with Crippen LogP contribution in [-0.4, -0.2) is 17.7 Å². The molecular weight excluding hydrogens is 393 g/mol. The van der Waals surface area contributed by atoms with Crippen molar-refractivity contribution in [2.45, 2.75) is 13.5 Å². The molecule has 5 heteroatoms. The molecule has 0 aliphatic heterocycles. The SMILES string of the molecule is CSCC(=NOCc1cccc(-c2ccccc2)c1C)c1ccc(Cl)c(F)c1. The van der Waals surface area contributed by atoms with Crippen molar-refractivity contribution < 1.29 is 9.23 Å². The molecule has 2 nitrogen and oxygen atoms in total. The van der Waals surface area contributed by atoms with Crippen molar-refractivity contribution in [2.75, 3.05) is 12.0 Å². The summed E-state index contributed by atoms with van der Waals surface area (Å²) in [6.45, 7) is 2.43. The summed E-state index contributed by atoms with van der Waals surface area (Å²) >= 11 is 7.38. The molecule has 0 spiro atoms. The molecule has 0 aliphatic rings. The number of thioether (sulfide) groups is 1. The fourth-order valence-electron chi connectivity index (χ4n) is 2.92. The minimum atomic E-state index is -0.459. The van der Waals surface area contributed by atoms with Crippen LogP contribution in [0.15, 0.2) is 71.9 Å². The normalized spacial score (nSPS) is 11.5. The molecule has 28 heavy (non-hydrogen) atoms. The van der Waals surface area contributed by atoms with Crippen LogP contribution < -0.4 is 0 Å². The topological polar surface area (TPSA) is 21.6 Å². The molecule has 0 unspecified atom stereocenters. The fraction of sp³-hybridized carbons (Fsp3) is 0.174. The molecule has 0 fully saturated rings. The molecule has 0 heterocycles. The molecule has 0 bridgehead atoms. The van der Waals surface area contributed by atoms with Gasteiger partial charge in [0, 0.05) is 11.3 Å². The Morgan fingerprint density at radius 2 is 1.86 bits per heavy atom. The van der Waals surface area contributed by atoms with Crippen LogP contribution in [0, 0.1) is 12.7 Å². The largest absolute Gasteiger partial charge is 0.391 e. The van der Waals surface area contributed by atoms with Gasteiger partial charge in [-0.05, 0) is 47.6 Å². The van der Waals surface area contributed by atoms with Gasteiger partial charge < -0.3 is 4.84 Å². The van der Waals surface area contributed by atoms with Crippen molar-refractivity contribution in [1.82, 2.24) is 0 Å². The lowest BCUT2D eigenvalue weighted by molar-refractivity contribution is 0.130. The smallest absolute Gasteiger partial charge is 0.142 e. The highest BCUT2D eigenvalue weighted by atomic mass is 35.5. The van der Waals surface area contributed by atoms with Gasteiger partial charge in [-0.25, -0.2) is 4.39 Å². The summed E-state index contributed by atoms with van der Waals surface area (Å²) in [7, 11) is 0. The maximum atomic E-state index is 13.8. The molecule has 3 aromatic carbocycles. The lowest BCUT2D eigenvalue weighted by Crippen LogP contribution is -2.06. The average Bonchev–Trinajstić information content (AvgIpc) is 2.71. The van der Waals surface area contributed by atoms with E-state index in [-0.39, 0.29) is 5.02 Å². The molecule has 0 saturated heterocycles. The van der Waals surface area contributed by atoms with Crippen LogP contribution in [0.4, 0.5) is 4.39 Å². The van der Waals surface area contributed by atoms with Crippen LogP contribution in [0.1, 0.15) is 16.7 Å². The number of oxime groups is 1. The van der Waals surface area contributed by atoms with Gasteiger partial charge in [0.05, 0.1) is 10.7 Å². The Morgan fingerprint density at radius 1 is 1.07 bits per heavy atom. The zero-order chi connectivity index (χ0) is 19.9. The monoisotopic (exact) mass is 413 g/mol. The van der Waals surface area contributed by atoms with Crippen molar-refractivity contribution in [3.05, 3.63) is 94.3 Å². The van der Waals surface area contributed by atoms with Gasteiger partial charge in [-0.3, -0.25) is 0 Å². The fourth-order valence-corrected chi connectivity index (χ4v) is 3.54. The van der Waals surface area contributed by atoms with Crippen LogP contribution in [-0.2, 0) is 11.4 Å². The number of hydrogen-bond acceptors (Lipinski definition) is 3. The van der Waals surface area contributed by atoms with E-state index in [1.807, 2.05) is 36.6 Å². The Balaban J connectivity index is 1.79. The summed E-state index contributed by atoms with van der Waals surface area (Å²) in [6.07, 6.45) is 1.97. The zero-order valence-electron chi connectivity index (χ0n) is 15.8. The van der Waals surface area contributed by atoms with Crippen molar-refractivity contribution >= 4 is 29.1 Å². The highest BCUT2D eigenvalue weighted by molar-refractivity contribution is 7.99. The number of halogens is 2. The number of rotatable bonds is 7. The molecule has 0 saturated carbocycles. The van der Waals surface area contributed by atoms with E-state index in [9.17, 15) is 4.39 Å². The van der Waals surface area contributed by atoms with Gasteiger partial charge >= 0.3 is 0 Å². The van der Waals surface area contributed by atoms with Crippen molar-refractivity contribution in [1.29, 1.82) is 0 Å². The quantitative estimate of drug-likeness (QED) is 0.316. The second-order valence-corrected chi connectivity index (χ2v) is 7.60. The summed E-state index contributed by atoms with van der Waals surface area (Å²) in [4.78, 5) is 5.65. The number of benzene rings is 3. The second-order valence-electron chi connectivity index (χ2n) is 6.33. The van der Waals surface area contributed by atoms with E-state index in [0.717, 1.165) is 11.1 Å². The van der Waals surface area contributed by atoms with Crippen molar-refractivity contribution in [3.8, 4) is 11.1 Å².